The van der Waals surface area contributed by atoms with Crippen LogP contribution in [-0.2, 0) is 6.42 Å². The van der Waals surface area contributed by atoms with E-state index in [2.05, 4.69) is 5.10 Å². The average molecular weight is 203 g/mol. The van der Waals surface area contributed by atoms with E-state index in [1.54, 1.807) is 0 Å². The van der Waals surface area contributed by atoms with Gasteiger partial charge >= 0.3 is 6.55 Å². The normalized spacial score (nSPS) is 12.4. The third-order valence-corrected chi connectivity index (χ3v) is 2.09. The van der Waals surface area contributed by atoms with E-state index in [0.29, 0.717) is 17.6 Å². The third-order valence-electron chi connectivity index (χ3n) is 2.09. The van der Waals surface area contributed by atoms with Crippen LogP contribution in [0.1, 0.15) is 26.0 Å². The maximum Gasteiger partial charge on any atom is 0.333 e. The minimum absolute atomic E-state index is 0.0734. The predicted octanol–water partition coefficient (Wildman–Crippen LogP) is 1.81. The Bertz CT molecular complexity index is 294. The van der Waals surface area contributed by atoms with E-state index in [4.69, 9.17) is 5.73 Å². The van der Waals surface area contributed by atoms with Crippen molar-refractivity contribution in [2.75, 3.05) is 6.54 Å². The summed E-state index contributed by atoms with van der Waals surface area (Å²) in [5.74, 6) is 0. The fourth-order valence-electron chi connectivity index (χ4n) is 1.20. The molecule has 80 valence electrons. The summed E-state index contributed by atoms with van der Waals surface area (Å²) >= 11 is 0. The van der Waals surface area contributed by atoms with Crippen LogP contribution in [-0.4, -0.2) is 16.3 Å². The molecule has 1 heterocycles. The van der Waals surface area contributed by atoms with Gasteiger partial charge in [0.15, 0.2) is 0 Å². The molecule has 0 saturated carbocycles. The van der Waals surface area contributed by atoms with Gasteiger partial charge in [0, 0.05) is 6.20 Å². The number of hydrogen-bond acceptors (Lipinski definition) is 2. The molecule has 14 heavy (non-hydrogen) atoms. The molecule has 0 aliphatic carbocycles. The first-order chi connectivity index (χ1) is 6.44. The Balaban J connectivity index is 2.69. The first-order valence-corrected chi connectivity index (χ1v) is 4.46. The molecule has 0 unspecified atom stereocenters. The molecule has 0 saturated heterocycles. The first kappa shape index (κ1) is 11.1. The molecule has 0 aromatic carbocycles. The molecule has 0 aliphatic rings. The zero-order valence-corrected chi connectivity index (χ0v) is 8.37. The number of nitrogens with two attached hydrogens (primary N) is 1. The fraction of sp³-hybridized carbons (Fsp3) is 0.667. The predicted molar refractivity (Wildman–Crippen MR) is 50.0 cm³/mol. The highest BCUT2D eigenvalue weighted by atomic mass is 19.3. The van der Waals surface area contributed by atoms with Gasteiger partial charge in [-0.15, -0.1) is 0 Å². The lowest BCUT2D eigenvalue weighted by molar-refractivity contribution is 0.0565. The molecule has 1 rings (SSSR count). The van der Waals surface area contributed by atoms with Crippen LogP contribution in [0.2, 0.25) is 0 Å². The lowest BCUT2D eigenvalue weighted by Gasteiger charge is -2.20. The van der Waals surface area contributed by atoms with Gasteiger partial charge in [-0.05, 0) is 23.9 Å². The molecule has 0 fully saturated rings. The summed E-state index contributed by atoms with van der Waals surface area (Å²) in [6.07, 6.45) is 3.49. The second kappa shape index (κ2) is 4.04. The summed E-state index contributed by atoms with van der Waals surface area (Å²) in [5.41, 5.74) is 6.26. The smallest absolute Gasteiger partial charge is 0.330 e. The van der Waals surface area contributed by atoms with Crippen LogP contribution in [0.4, 0.5) is 8.78 Å². The van der Waals surface area contributed by atoms with Crippen molar-refractivity contribution in [3.8, 4) is 0 Å². The van der Waals surface area contributed by atoms with Crippen molar-refractivity contribution in [2.45, 2.75) is 26.8 Å². The van der Waals surface area contributed by atoms with Gasteiger partial charge in [0.1, 0.15) is 0 Å². The molecule has 1 aromatic heterocycles. The molecule has 5 heteroatoms. The van der Waals surface area contributed by atoms with E-state index in [1.165, 1.54) is 12.4 Å². The Labute approximate surface area is 81.9 Å². The van der Waals surface area contributed by atoms with Crippen molar-refractivity contribution in [3.63, 3.8) is 0 Å². The van der Waals surface area contributed by atoms with Crippen LogP contribution < -0.4 is 5.73 Å². The molecule has 0 radical (unpaired) electrons. The van der Waals surface area contributed by atoms with Gasteiger partial charge in [-0.3, -0.25) is 0 Å². The summed E-state index contributed by atoms with van der Waals surface area (Å²) < 4.78 is 25.0. The highest BCUT2D eigenvalue weighted by Crippen LogP contribution is 2.20. The van der Waals surface area contributed by atoms with Crippen molar-refractivity contribution >= 4 is 0 Å². The third kappa shape index (κ3) is 2.77. The lowest BCUT2D eigenvalue weighted by atomic mass is 9.87. The standard InChI is InChI=1S/C9H15F2N3/c1-9(2,6-12)3-7-4-13-14(5-7)8(10)11/h4-5,8H,3,6,12H2,1-2H3. The van der Waals surface area contributed by atoms with Crippen molar-refractivity contribution in [1.29, 1.82) is 0 Å². The van der Waals surface area contributed by atoms with Crippen LogP contribution in [0, 0.1) is 5.41 Å². The first-order valence-electron chi connectivity index (χ1n) is 4.46. The van der Waals surface area contributed by atoms with Gasteiger partial charge in [0.05, 0.1) is 6.20 Å². The lowest BCUT2D eigenvalue weighted by Crippen LogP contribution is -2.25. The van der Waals surface area contributed by atoms with Gasteiger partial charge in [0.25, 0.3) is 0 Å². The minimum atomic E-state index is -2.57. The van der Waals surface area contributed by atoms with E-state index in [0.717, 1.165) is 5.56 Å². The second-order valence-electron chi connectivity index (χ2n) is 4.15. The Morgan fingerprint density at radius 2 is 2.21 bits per heavy atom. The largest absolute Gasteiger partial charge is 0.333 e. The van der Waals surface area contributed by atoms with E-state index in [9.17, 15) is 8.78 Å². The number of hydrogen-bond donors (Lipinski definition) is 1. The van der Waals surface area contributed by atoms with Gasteiger partial charge in [0.2, 0.25) is 0 Å². The van der Waals surface area contributed by atoms with Crippen molar-refractivity contribution < 1.29 is 8.78 Å². The Morgan fingerprint density at radius 3 is 2.64 bits per heavy atom. The molecule has 0 aliphatic heterocycles. The van der Waals surface area contributed by atoms with Crippen LogP contribution in [0.15, 0.2) is 12.4 Å². The second-order valence-corrected chi connectivity index (χ2v) is 4.15. The molecule has 0 amide bonds. The summed E-state index contributed by atoms with van der Waals surface area (Å²) in [5, 5.41) is 3.56. The number of aromatic nitrogens is 2. The van der Waals surface area contributed by atoms with Crippen molar-refractivity contribution in [1.82, 2.24) is 9.78 Å². The maximum atomic E-state index is 12.2. The highest BCUT2D eigenvalue weighted by molar-refractivity contribution is 5.06. The zero-order valence-electron chi connectivity index (χ0n) is 8.37. The summed E-state index contributed by atoms with van der Waals surface area (Å²) in [6.45, 7) is 1.94. The number of nitrogens with zero attached hydrogens (tertiary/aromatic N) is 2. The molecular weight excluding hydrogens is 188 g/mol. The molecular formula is C9H15F2N3. The van der Waals surface area contributed by atoms with Gasteiger partial charge in [-0.25, -0.2) is 4.68 Å². The quantitative estimate of drug-likeness (QED) is 0.811. The van der Waals surface area contributed by atoms with Crippen LogP contribution in [0.3, 0.4) is 0 Å². The van der Waals surface area contributed by atoms with Crippen LogP contribution in [0.5, 0.6) is 0 Å². The Morgan fingerprint density at radius 1 is 1.57 bits per heavy atom. The van der Waals surface area contributed by atoms with E-state index in [1.807, 2.05) is 13.8 Å². The topological polar surface area (TPSA) is 43.8 Å². The summed E-state index contributed by atoms with van der Waals surface area (Å²) in [4.78, 5) is 0. The molecule has 3 nitrogen and oxygen atoms in total. The number of alkyl halides is 2. The fourth-order valence-corrected chi connectivity index (χ4v) is 1.20. The van der Waals surface area contributed by atoms with Crippen LogP contribution >= 0.6 is 0 Å². The highest BCUT2D eigenvalue weighted by Gasteiger charge is 2.18. The molecule has 2 N–H and O–H groups in total. The minimum Gasteiger partial charge on any atom is -0.330 e. The Kier molecular flexibility index (Phi) is 3.21. The molecule has 0 bridgehead atoms. The number of halogens is 2. The average Bonchev–Trinajstić information content (AvgIpc) is 2.52. The van der Waals surface area contributed by atoms with E-state index in [-0.39, 0.29) is 5.41 Å². The molecule has 1 aromatic rings. The summed E-state index contributed by atoms with van der Waals surface area (Å²) in [6, 6.07) is 0. The Hall–Kier alpha value is -0.970. The van der Waals surface area contributed by atoms with E-state index >= 15 is 0 Å². The van der Waals surface area contributed by atoms with Gasteiger partial charge in [-0.1, -0.05) is 13.8 Å². The maximum absolute atomic E-state index is 12.2. The van der Waals surface area contributed by atoms with Crippen molar-refractivity contribution in [2.24, 2.45) is 11.1 Å². The molecule has 0 atom stereocenters. The molecule has 0 spiro atoms. The van der Waals surface area contributed by atoms with Gasteiger partial charge in [-0.2, -0.15) is 13.9 Å². The summed E-state index contributed by atoms with van der Waals surface area (Å²) in [7, 11) is 0. The number of rotatable bonds is 4. The van der Waals surface area contributed by atoms with Crippen LogP contribution in [0.25, 0.3) is 0 Å². The monoisotopic (exact) mass is 203 g/mol. The van der Waals surface area contributed by atoms with Crippen molar-refractivity contribution in [3.05, 3.63) is 18.0 Å². The zero-order chi connectivity index (χ0) is 10.8. The van der Waals surface area contributed by atoms with Gasteiger partial charge < -0.3 is 5.73 Å². The SMILES string of the molecule is CC(C)(CN)Cc1cnn(C(F)F)c1. The van der Waals surface area contributed by atoms with E-state index < -0.39 is 6.55 Å².